The van der Waals surface area contributed by atoms with Crippen LogP contribution in [0.25, 0.3) is 0 Å². The first-order valence-electron chi connectivity index (χ1n) is 7.20. The van der Waals surface area contributed by atoms with E-state index in [0.717, 1.165) is 17.7 Å². The minimum absolute atomic E-state index is 0.120. The van der Waals surface area contributed by atoms with Crippen LogP contribution in [-0.2, 0) is 14.6 Å². The van der Waals surface area contributed by atoms with Crippen LogP contribution in [0.3, 0.4) is 0 Å². The van der Waals surface area contributed by atoms with Gasteiger partial charge in [0.25, 0.3) is 0 Å². The molecular weight excluding hydrogens is 288 g/mol. The predicted molar refractivity (Wildman–Crippen MR) is 84.1 cm³/mol. The van der Waals surface area contributed by atoms with Gasteiger partial charge < -0.3 is 10.6 Å². The lowest BCUT2D eigenvalue weighted by Gasteiger charge is -2.26. The molecule has 2 atom stereocenters. The average molecular weight is 310 g/mol. The molecule has 1 heterocycles. The van der Waals surface area contributed by atoms with Crippen molar-refractivity contribution in [1.29, 1.82) is 0 Å². The summed E-state index contributed by atoms with van der Waals surface area (Å²) in [6, 6.07) is 7.01. The molecule has 0 saturated carbocycles. The van der Waals surface area contributed by atoms with Crippen molar-refractivity contribution in [2.75, 3.05) is 16.8 Å². The third-order valence-corrected chi connectivity index (χ3v) is 5.48. The van der Waals surface area contributed by atoms with Crippen LogP contribution >= 0.6 is 0 Å². The van der Waals surface area contributed by atoms with E-state index in [1.165, 1.54) is 0 Å². The van der Waals surface area contributed by atoms with E-state index >= 15 is 0 Å². The van der Waals surface area contributed by atoms with E-state index < -0.39 is 15.9 Å². The molecule has 1 aliphatic rings. The smallest absolute Gasteiger partial charge is 0.241 e. The largest absolute Gasteiger partial charge is 0.325 e. The number of benzene rings is 1. The van der Waals surface area contributed by atoms with Gasteiger partial charge in [0.15, 0.2) is 9.84 Å². The van der Waals surface area contributed by atoms with Gasteiger partial charge in [0, 0.05) is 11.7 Å². The molecule has 0 bridgehead atoms. The van der Waals surface area contributed by atoms with Gasteiger partial charge in [0.1, 0.15) is 0 Å². The molecule has 5 nitrogen and oxygen atoms in total. The van der Waals surface area contributed by atoms with Crippen LogP contribution in [0, 0.1) is 6.92 Å². The zero-order valence-electron chi connectivity index (χ0n) is 12.4. The van der Waals surface area contributed by atoms with Crippen LogP contribution in [0.5, 0.6) is 0 Å². The van der Waals surface area contributed by atoms with Crippen molar-refractivity contribution in [2.24, 2.45) is 0 Å². The van der Waals surface area contributed by atoms with E-state index in [-0.39, 0.29) is 23.5 Å². The lowest BCUT2D eigenvalue weighted by molar-refractivity contribution is -0.117. The van der Waals surface area contributed by atoms with Gasteiger partial charge in [0.2, 0.25) is 5.91 Å². The Morgan fingerprint density at radius 1 is 1.29 bits per heavy atom. The number of carbonyl (C=O) groups excluding carboxylic acids is 1. The fourth-order valence-electron chi connectivity index (χ4n) is 2.47. The average Bonchev–Trinajstić information content (AvgIpc) is 2.40. The van der Waals surface area contributed by atoms with Gasteiger partial charge in [-0.3, -0.25) is 4.79 Å². The monoisotopic (exact) mass is 310 g/mol. The summed E-state index contributed by atoms with van der Waals surface area (Å²) in [7, 11) is -2.96. The lowest BCUT2D eigenvalue weighted by atomic mass is 10.1. The van der Waals surface area contributed by atoms with Crippen molar-refractivity contribution in [1.82, 2.24) is 5.32 Å². The molecule has 2 N–H and O–H groups in total. The number of sulfone groups is 1. The number of anilines is 1. The molecule has 0 aromatic heterocycles. The van der Waals surface area contributed by atoms with E-state index in [4.69, 9.17) is 0 Å². The summed E-state index contributed by atoms with van der Waals surface area (Å²) in [4.78, 5) is 12.1. The first-order valence-corrected chi connectivity index (χ1v) is 9.02. The minimum atomic E-state index is -2.96. The van der Waals surface area contributed by atoms with E-state index in [2.05, 4.69) is 10.6 Å². The topological polar surface area (TPSA) is 75.3 Å². The highest BCUT2D eigenvalue weighted by Gasteiger charge is 2.27. The Balaban J connectivity index is 1.89. The van der Waals surface area contributed by atoms with Gasteiger partial charge in [-0.1, -0.05) is 17.7 Å². The maximum atomic E-state index is 12.1. The van der Waals surface area contributed by atoms with Crippen LogP contribution in [0.2, 0.25) is 0 Å². The van der Waals surface area contributed by atoms with Crippen LogP contribution in [0.4, 0.5) is 5.69 Å². The van der Waals surface area contributed by atoms with Gasteiger partial charge in [-0.05, 0) is 38.8 Å². The quantitative estimate of drug-likeness (QED) is 0.883. The second-order valence-electron chi connectivity index (χ2n) is 5.70. The standard InChI is InChI=1S/C15H22N2O3S/c1-11-5-7-13(8-6-11)17-15(18)12(2)16-14-4-3-9-21(19,20)10-14/h5-8,12,14,16H,3-4,9-10H2,1-2H3,(H,17,18). The van der Waals surface area contributed by atoms with Gasteiger partial charge in [-0.2, -0.15) is 0 Å². The van der Waals surface area contributed by atoms with E-state index in [9.17, 15) is 13.2 Å². The van der Waals surface area contributed by atoms with Gasteiger partial charge in [-0.25, -0.2) is 8.42 Å². The van der Waals surface area contributed by atoms with E-state index in [0.29, 0.717) is 6.42 Å². The van der Waals surface area contributed by atoms with Gasteiger partial charge in [-0.15, -0.1) is 0 Å². The summed E-state index contributed by atoms with van der Waals surface area (Å²) in [6.45, 7) is 3.74. The Labute approximate surface area is 126 Å². The Morgan fingerprint density at radius 3 is 2.57 bits per heavy atom. The predicted octanol–water partition coefficient (Wildman–Crippen LogP) is 1.49. The molecule has 1 aromatic carbocycles. The first-order chi connectivity index (χ1) is 9.85. The van der Waals surface area contributed by atoms with Crippen molar-refractivity contribution in [3.05, 3.63) is 29.8 Å². The normalized spacial score (nSPS) is 22.5. The highest BCUT2D eigenvalue weighted by atomic mass is 32.2. The molecule has 1 saturated heterocycles. The Hall–Kier alpha value is -1.40. The molecular formula is C15H22N2O3S. The molecule has 0 aliphatic carbocycles. The Bertz CT molecular complexity index is 596. The third kappa shape index (κ3) is 4.82. The summed E-state index contributed by atoms with van der Waals surface area (Å²) in [5.74, 6) is 0.228. The SMILES string of the molecule is Cc1ccc(NC(=O)C(C)NC2CCCS(=O)(=O)C2)cc1. The lowest BCUT2D eigenvalue weighted by Crippen LogP contribution is -2.48. The van der Waals surface area contributed by atoms with Crippen molar-refractivity contribution in [3.8, 4) is 0 Å². The Kier molecular flexibility index (Phi) is 5.00. The molecule has 0 radical (unpaired) electrons. The summed E-state index contributed by atoms with van der Waals surface area (Å²) in [5.41, 5.74) is 1.88. The molecule has 0 spiro atoms. The number of hydrogen-bond donors (Lipinski definition) is 2. The highest BCUT2D eigenvalue weighted by molar-refractivity contribution is 7.91. The molecule has 1 fully saturated rings. The van der Waals surface area contributed by atoms with Crippen molar-refractivity contribution in [3.63, 3.8) is 0 Å². The number of rotatable bonds is 4. The molecule has 6 heteroatoms. The molecule has 116 valence electrons. The van der Waals surface area contributed by atoms with Crippen LogP contribution in [0.15, 0.2) is 24.3 Å². The van der Waals surface area contributed by atoms with Crippen LogP contribution in [0.1, 0.15) is 25.3 Å². The third-order valence-electron chi connectivity index (χ3n) is 3.66. The van der Waals surface area contributed by atoms with Crippen molar-refractivity contribution < 1.29 is 13.2 Å². The highest BCUT2D eigenvalue weighted by Crippen LogP contribution is 2.13. The summed E-state index contributed by atoms with van der Waals surface area (Å²) < 4.78 is 23.2. The number of aryl methyl sites for hydroxylation is 1. The summed E-state index contributed by atoms with van der Waals surface area (Å²) in [6.07, 6.45) is 1.45. The zero-order valence-corrected chi connectivity index (χ0v) is 13.2. The van der Waals surface area contributed by atoms with Crippen LogP contribution < -0.4 is 10.6 Å². The zero-order chi connectivity index (χ0) is 15.5. The molecule has 2 unspecified atom stereocenters. The number of hydrogen-bond acceptors (Lipinski definition) is 4. The maximum absolute atomic E-state index is 12.1. The summed E-state index contributed by atoms with van der Waals surface area (Å²) >= 11 is 0. The first kappa shape index (κ1) is 16.0. The maximum Gasteiger partial charge on any atom is 0.241 e. The van der Waals surface area contributed by atoms with Crippen LogP contribution in [-0.4, -0.2) is 37.9 Å². The van der Waals surface area contributed by atoms with E-state index in [1.54, 1.807) is 6.92 Å². The number of nitrogens with one attached hydrogen (secondary N) is 2. The van der Waals surface area contributed by atoms with E-state index in [1.807, 2.05) is 31.2 Å². The summed E-state index contributed by atoms with van der Waals surface area (Å²) in [5, 5.41) is 5.94. The molecule has 2 rings (SSSR count). The van der Waals surface area contributed by atoms with Gasteiger partial charge >= 0.3 is 0 Å². The molecule has 21 heavy (non-hydrogen) atoms. The van der Waals surface area contributed by atoms with Crippen molar-refractivity contribution >= 4 is 21.4 Å². The second-order valence-corrected chi connectivity index (χ2v) is 7.93. The molecule has 1 amide bonds. The fraction of sp³-hybridized carbons (Fsp3) is 0.533. The Morgan fingerprint density at radius 2 is 1.95 bits per heavy atom. The minimum Gasteiger partial charge on any atom is -0.325 e. The van der Waals surface area contributed by atoms with Gasteiger partial charge in [0.05, 0.1) is 17.5 Å². The molecule has 1 aliphatic heterocycles. The number of carbonyl (C=O) groups is 1. The molecule has 1 aromatic rings. The fourth-order valence-corrected chi connectivity index (χ4v) is 4.12. The van der Waals surface area contributed by atoms with Crippen molar-refractivity contribution in [2.45, 2.75) is 38.8 Å². The second kappa shape index (κ2) is 6.58. The number of amides is 1.